The van der Waals surface area contributed by atoms with Crippen LogP contribution in [0, 0.1) is 0 Å². The first-order valence-corrected chi connectivity index (χ1v) is 4.54. The predicted octanol–water partition coefficient (Wildman–Crippen LogP) is 2.78. The molecule has 0 rings (SSSR count). The smallest absolute Gasteiger partial charge is 0.396 e. The van der Waals surface area contributed by atoms with Gasteiger partial charge < -0.3 is 4.52 Å². The molecule has 0 unspecified atom stereocenters. The SMILES string of the molecule is COP(=O)(OC)O/C(=C\F)C(F)(F)F. The summed E-state index contributed by atoms with van der Waals surface area (Å²) in [7, 11) is -2.77. The van der Waals surface area contributed by atoms with E-state index in [1.807, 2.05) is 0 Å². The first-order valence-electron chi connectivity index (χ1n) is 3.07. The Bertz CT molecular complexity index is 253. The number of phosphoric acid groups is 1. The molecule has 0 aromatic rings. The maximum absolute atomic E-state index is 11.9. The van der Waals surface area contributed by atoms with Gasteiger partial charge >= 0.3 is 14.0 Å². The molecule has 0 spiro atoms. The third-order valence-electron chi connectivity index (χ3n) is 1.04. The van der Waals surface area contributed by atoms with Gasteiger partial charge in [-0.1, -0.05) is 0 Å². The molecular formula is C5H7F4O4P. The van der Waals surface area contributed by atoms with Gasteiger partial charge in [0.05, 0.1) is 0 Å². The number of allylic oxidation sites excluding steroid dienone is 1. The Labute approximate surface area is 77.1 Å². The number of alkyl halides is 3. The third-order valence-corrected chi connectivity index (χ3v) is 2.35. The molecule has 84 valence electrons. The minimum Gasteiger partial charge on any atom is -0.396 e. The van der Waals surface area contributed by atoms with E-state index in [1.54, 1.807) is 0 Å². The summed E-state index contributed by atoms with van der Waals surface area (Å²) in [4.78, 5) is 0. The van der Waals surface area contributed by atoms with Crippen LogP contribution in [0.1, 0.15) is 0 Å². The largest absolute Gasteiger partial charge is 0.529 e. The first-order chi connectivity index (χ1) is 6.29. The van der Waals surface area contributed by atoms with E-state index in [0.29, 0.717) is 0 Å². The lowest BCUT2D eigenvalue weighted by Crippen LogP contribution is -2.14. The molecular weight excluding hydrogens is 231 g/mol. The number of rotatable bonds is 4. The van der Waals surface area contributed by atoms with Crippen molar-refractivity contribution in [3.63, 3.8) is 0 Å². The number of hydrogen-bond donors (Lipinski definition) is 0. The number of hydrogen-bond acceptors (Lipinski definition) is 4. The quantitative estimate of drug-likeness (QED) is 0.429. The van der Waals surface area contributed by atoms with Gasteiger partial charge in [0.1, 0.15) is 6.33 Å². The topological polar surface area (TPSA) is 44.8 Å². The molecule has 0 N–H and O–H groups in total. The maximum Gasteiger partial charge on any atom is 0.529 e. The molecule has 0 aromatic carbocycles. The van der Waals surface area contributed by atoms with Crippen LogP contribution in [-0.2, 0) is 18.1 Å². The molecule has 0 saturated carbocycles. The van der Waals surface area contributed by atoms with Gasteiger partial charge in [-0.15, -0.1) is 0 Å². The summed E-state index contributed by atoms with van der Waals surface area (Å²) < 4.78 is 70.0. The Morgan fingerprint density at radius 2 is 1.71 bits per heavy atom. The molecule has 0 heterocycles. The van der Waals surface area contributed by atoms with Gasteiger partial charge in [-0.25, -0.2) is 8.96 Å². The summed E-state index contributed by atoms with van der Waals surface area (Å²) >= 11 is 0. The lowest BCUT2D eigenvalue weighted by Gasteiger charge is -2.16. The number of phosphoric ester groups is 1. The van der Waals surface area contributed by atoms with Gasteiger partial charge in [-0.05, 0) is 0 Å². The summed E-state index contributed by atoms with van der Waals surface area (Å²) in [6, 6.07) is 0. The van der Waals surface area contributed by atoms with E-state index in [4.69, 9.17) is 0 Å². The monoisotopic (exact) mass is 238 g/mol. The fourth-order valence-electron chi connectivity index (χ4n) is 0.403. The van der Waals surface area contributed by atoms with Crippen LogP contribution < -0.4 is 0 Å². The first kappa shape index (κ1) is 13.4. The zero-order valence-corrected chi connectivity index (χ0v) is 8.06. The Balaban J connectivity index is 4.73. The molecule has 0 amide bonds. The normalized spacial score (nSPS) is 14.3. The summed E-state index contributed by atoms with van der Waals surface area (Å²) in [5, 5.41) is 0. The predicted molar refractivity (Wildman–Crippen MR) is 38.0 cm³/mol. The van der Waals surface area contributed by atoms with Gasteiger partial charge in [0.15, 0.2) is 0 Å². The highest BCUT2D eigenvalue weighted by atomic mass is 31.2. The fraction of sp³-hybridized carbons (Fsp3) is 0.600. The Hall–Kier alpha value is -0.590. The van der Waals surface area contributed by atoms with Crippen molar-refractivity contribution in [2.45, 2.75) is 6.18 Å². The minimum absolute atomic E-state index is 0.802. The van der Waals surface area contributed by atoms with E-state index in [-0.39, 0.29) is 0 Å². The highest BCUT2D eigenvalue weighted by Gasteiger charge is 2.42. The van der Waals surface area contributed by atoms with Crippen LogP contribution in [0.5, 0.6) is 0 Å². The standard InChI is InChI=1S/C5H7F4O4P/c1-11-14(10,12-2)13-4(3-6)5(7,8)9/h3H,1-2H3/b4-3-. The average molecular weight is 238 g/mol. The van der Waals surface area contributed by atoms with E-state index >= 15 is 0 Å². The molecule has 0 fully saturated rings. The molecule has 9 heteroatoms. The second-order valence-electron chi connectivity index (χ2n) is 1.87. The molecule has 0 saturated heterocycles. The van der Waals surface area contributed by atoms with Gasteiger partial charge in [0.25, 0.3) is 0 Å². The van der Waals surface area contributed by atoms with Crippen LogP contribution in [0.3, 0.4) is 0 Å². The van der Waals surface area contributed by atoms with Gasteiger partial charge in [-0.2, -0.15) is 13.2 Å². The molecule has 0 aliphatic rings. The lowest BCUT2D eigenvalue weighted by molar-refractivity contribution is -0.120. The molecule has 0 aromatic heterocycles. The summed E-state index contributed by atoms with van der Waals surface area (Å²) in [5.74, 6) is -2.08. The van der Waals surface area contributed by atoms with Crippen molar-refractivity contribution in [3.05, 3.63) is 12.1 Å². The minimum atomic E-state index is -5.10. The Morgan fingerprint density at radius 3 is 1.93 bits per heavy atom. The van der Waals surface area contributed by atoms with E-state index in [2.05, 4.69) is 13.6 Å². The van der Waals surface area contributed by atoms with Crippen LogP contribution in [-0.4, -0.2) is 20.4 Å². The molecule has 14 heavy (non-hydrogen) atoms. The Kier molecular flexibility index (Phi) is 4.57. The molecule has 0 aliphatic heterocycles. The van der Waals surface area contributed by atoms with E-state index in [0.717, 1.165) is 14.2 Å². The van der Waals surface area contributed by atoms with Crippen LogP contribution >= 0.6 is 7.82 Å². The van der Waals surface area contributed by atoms with Crippen molar-refractivity contribution in [1.29, 1.82) is 0 Å². The van der Waals surface area contributed by atoms with Crippen molar-refractivity contribution in [2.75, 3.05) is 14.2 Å². The van der Waals surface area contributed by atoms with Gasteiger partial charge in [0, 0.05) is 14.2 Å². The molecule has 4 nitrogen and oxygen atoms in total. The van der Waals surface area contributed by atoms with Gasteiger partial charge in [-0.3, -0.25) is 9.05 Å². The van der Waals surface area contributed by atoms with Crippen LogP contribution in [0.25, 0.3) is 0 Å². The zero-order chi connectivity index (χ0) is 11.4. The fourth-order valence-corrected chi connectivity index (χ4v) is 1.09. The summed E-state index contributed by atoms with van der Waals surface area (Å²) in [6.07, 6.45) is -5.97. The average Bonchev–Trinajstić information content (AvgIpc) is 2.12. The van der Waals surface area contributed by atoms with Crippen LogP contribution in [0.2, 0.25) is 0 Å². The van der Waals surface area contributed by atoms with E-state index in [1.165, 1.54) is 0 Å². The second kappa shape index (κ2) is 4.77. The zero-order valence-electron chi connectivity index (χ0n) is 7.17. The van der Waals surface area contributed by atoms with Crippen molar-refractivity contribution < 1.29 is 35.7 Å². The van der Waals surface area contributed by atoms with Gasteiger partial charge in [0.2, 0.25) is 5.76 Å². The lowest BCUT2D eigenvalue weighted by atomic mass is 10.6. The molecule has 0 aliphatic carbocycles. The van der Waals surface area contributed by atoms with Crippen LogP contribution in [0.4, 0.5) is 17.6 Å². The summed E-state index contributed by atoms with van der Waals surface area (Å²) in [5.41, 5.74) is 0. The van der Waals surface area contributed by atoms with Crippen molar-refractivity contribution in [1.82, 2.24) is 0 Å². The van der Waals surface area contributed by atoms with E-state index < -0.39 is 26.1 Å². The maximum atomic E-state index is 11.9. The van der Waals surface area contributed by atoms with Crippen molar-refractivity contribution >= 4 is 7.82 Å². The highest BCUT2D eigenvalue weighted by Crippen LogP contribution is 2.52. The molecule has 0 atom stereocenters. The highest BCUT2D eigenvalue weighted by molar-refractivity contribution is 7.48. The van der Waals surface area contributed by atoms with Crippen molar-refractivity contribution in [2.24, 2.45) is 0 Å². The Morgan fingerprint density at radius 1 is 1.29 bits per heavy atom. The second-order valence-corrected chi connectivity index (χ2v) is 3.68. The molecule has 0 radical (unpaired) electrons. The molecule has 0 bridgehead atoms. The number of halogens is 4. The van der Waals surface area contributed by atoms with Crippen LogP contribution in [0.15, 0.2) is 12.1 Å². The van der Waals surface area contributed by atoms with E-state index in [9.17, 15) is 22.1 Å². The third kappa shape index (κ3) is 3.65. The van der Waals surface area contributed by atoms with Crippen molar-refractivity contribution in [3.8, 4) is 0 Å². The summed E-state index contributed by atoms with van der Waals surface area (Å²) in [6.45, 7) is 0.